The number of halogens is 2. The number of benzene rings is 2. The molecule has 6 heteroatoms. The van der Waals surface area contributed by atoms with Gasteiger partial charge in [0.25, 0.3) is 0 Å². The molecule has 0 amide bonds. The van der Waals surface area contributed by atoms with Crippen molar-refractivity contribution >= 4 is 23.8 Å². The number of aromatic nitrogens is 1. The molecule has 0 saturated carbocycles. The average molecular weight is 440 g/mol. The minimum atomic E-state index is 0. The van der Waals surface area contributed by atoms with Crippen molar-refractivity contribution in [2.75, 3.05) is 0 Å². The number of nitrogens with zero attached hydrogens (tertiary/aromatic N) is 3. The van der Waals surface area contributed by atoms with E-state index >= 15 is 0 Å². The van der Waals surface area contributed by atoms with Crippen LogP contribution >= 0.6 is 0 Å². The number of aliphatic imine (C=N–C) groups is 2. The van der Waals surface area contributed by atoms with E-state index in [0.717, 1.165) is 22.8 Å². The molecule has 3 aromatic rings. The molecule has 0 bridgehead atoms. The van der Waals surface area contributed by atoms with E-state index in [-0.39, 0.29) is 41.9 Å². The van der Waals surface area contributed by atoms with Crippen molar-refractivity contribution in [2.24, 2.45) is 9.98 Å². The van der Waals surface area contributed by atoms with Gasteiger partial charge in [-0.3, -0.25) is 9.98 Å². The second kappa shape index (κ2) is 12.4. The fourth-order valence-electron chi connectivity index (χ4n) is 2.16. The maximum Gasteiger partial charge on any atom is 2.00 e. The van der Waals surface area contributed by atoms with Gasteiger partial charge in [0.05, 0.1) is 35.2 Å². The standard InChI is InChI=1S/C21H19N3.2ClH.Fe/c1-16-6-10-18(11-7-16)22-14-20-4-3-5-21(24-20)15-23-19-12-8-17(2)9-13-19;;;/h3-15H,1-2H3;2*1H;/q;;;+2/p-2. The van der Waals surface area contributed by atoms with Crippen LogP contribution in [0.1, 0.15) is 22.5 Å². The predicted molar refractivity (Wildman–Crippen MR) is 101 cm³/mol. The van der Waals surface area contributed by atoms with Crippen LogP contribution < -0.4 is 24.8 Å². The summed E-state index contributed by atoms with van der Waals surface area (Å²) >= 11 is 0. The summed E-state index contributed by atoms with van der Waals surface area (Å²) in [5.41, 5.74) is 5.90. The molecule has 140 valence electrons. The van der Waals surface area contributed by atoms with E-state index in [2.05, 4.69) is 28.8 Å². The van der Waals surface area contributed by atoms with Gasteiger partial charge in [0, 0.05) is 0 Å². The monoisotopic (exact) mass is 439 g/mol. The van der Waals surface area contributed by atoms with Gasteiger partial charge in [-0.2, -0.15) is 0 Å². The molecule has 2 aromatic carbocycles. The summed E-state index contributed by atoms with van der Waals surface area (Å²) in [6.07, 6.45) is 3.54. The van der Waals surface area contributed by atoms with Gasteiger partial charge >= 0.3 is 17.1 Å². The average Bonchev–Trinajstić information content (AvgIpc) is 2.61. The van der Waals surface area contributed by atoms with Gasteiger partial charge in [-0.05, 0) is 50.2 Å². The van der Waals surface area contributed by atoms with Crippen LogP contribution in [0.3, 0.4) is 0 Å². The molecule has 0 fully saturated rings. The summed E-state index contributed by atoms with van der Waals surface area (Å²) in [5, 5.41) is 0. The molecule has 0 atom stereocenters. The Labute approximate surface area is 183 Å². The van der Waals surface area contributed by atoms with E-state index in [1.807, 2.05) is 66.7 Å². The fourth-order valence-corrected chi connectivity index (χ4v) is 2.16. The molecular formula is C21H19Cl2FeN3. The van der Waals surface area contributed by atoms with Gasteiger partial charge in [0.1, 0.15) is 0 Å². The summed E-state index contributed by atoms with van der Waals surface area (Å²) < 4.78 is 0. The summed E-state index contributed by atoms with van der Waals surface area (Å²) in [6, 6.07) is 22.0. The van der Waals surface area contributed by atoms with Gasteiger partial charge in [0.2, 0.25) is 0 Å². The number of hydrogen-bond donors (Lipinski definition) is 0. The maximum atomic E-state index is 4.54. The van der Waals surface area contributed by atoms with Gasteiger partial charge in [-0.25, -0.2) is 4.98 Å². The van der Waals surface area contributed by atoms with E-state index in [4.69, 9.17) is 0 Å². The molecular weight excluding hydrogens is 421 g/mol. The molecule has 27 heavy (non-hydrogen) atoms. The van der Waals surface area contributed by atoms with Gasteiger partial charge < -0.3 is 24.8 Å². The first-order valence-electron chi connectivity index (χ1n) is 7.87. The normalized spacial score (nSPS) is 10.1. The van der Waals surface area contributed by atoms with Gasteiger partial charge in [0.15, 0.2) is 0 Å². The Morgan fingerprint density at radius 1 is 0.630 bits per heavy atom. The smallest absolute Gasteiger partial charge is 1.00 e. The molecule has 0 aliphatic rings. The van der Waals surface area contributed by atoms with Crippen LogP contribution in [0.15, 0.2) is 76.7 Å². The molecule has 0 aliphatic carbocycles. The minimum Gasteiger partial charge on any atom is -1.00 e. The first-order valence-corrected chi connectivity index (χ1v) is 7.87. The van der Waals surface area contributed by atoms with Crippen LogP contribution in [0, 0.1) is 13.8 Å². The predicted octanol–water partition coefficient (Wildman–Crippen LogP) is -0.795. The van der Waals surface area contributed by atoms with Crippen molar-refractivity contribution in [3.8, 4) is 0 Å². The Morgan fingerprint density at radius 3 is 1.37 bits per heavy atom. The largest absolute Gasteiger partial charge is 2.00 e. The number of rotatable bonds is 4. The van der Waals surface area contributed by atoms with Crippen LogP contribution in [0.25, 0.3) is 0 Å². The zero-order valence-electron chi connectivity index (χ0n) is 15.0. The molecule has 0 radical (unpaired) electrons. The summed E-state index contributed by atoms with van der Waals surface area (Å²) in [6.45, 7) is 4.12. The first kappa shape index (κ1) is 25.0. The van der Waals surface area contributed by atoms with Crippen LogP contribution in [-0.2, 0) is 17.1 Å². The zero-order chi connectivity index (χ0) is 16.8. The maximum absolute atomic E-state index is 4.54. The topological polar surface area (TPSA) is 37.6 Å². The van der Waals surface area contributed by atoms with E-state index in [9.17, 15) is 0 Å². The number of hydrogen-bond acceptors (Lipinski definition) is 3. The third kappa shape index (κ3) is 8.06. The molecule has 0 spiro atoms. The first-order chi connectivity index (χ1) is 11.7. The number of aryl methyl sites for hydroxylation is 2. The summed E-state index contributed by atoms with van der Waals surface area (Å²) in [7, 11) is 0. The van der Waals surface area contributed by atoms with Crippen molar-refractivity contribution in [1.29, 1.82) is 0 Å². The Balaban J connectivity index is 0.00000225. The molecule has 0 saturated heterocycles. The molecule has 0 N–H and O–H groups in total. The van der Waals surface area contributed by atoms with Crippen molar-refractivity contribution < 1.29 is 41.9 Å². The van der Waals surface area contributed by atoms with Crippen LogP contribution in [0.4, 0.5) is 11.4 Å². The quantitative estimate of drug-likeness (QED) is 0.387. The second-order valence-corrected chi connectivity index (χ2v) is 5.67. The summed E-state index contributed by atoms with van der Waals surface area (Å²) in [5.74, 6) is 0. The van der Waals surface area contributed by atoms with Crippen molar-refractivity contribution in [3.05, 3.63) is 89.2 Å². The Morgan fingerprint density at radius 2 is 1.00 bits per heavy atom. The molecule has 0 aliphatic heterocycles. The zero-order valence-corrected chi connectivity index (χ0v) is 17.6. The van der Waals surface area contributed by atoms with Crippen molar-refractivity contribution in [1.82, 2.24) is 4.98 Å². The van der Waals surface area contributed by atoms with Crippen molar-refractivity contribution in [3.63, 3.8) is 0 Å². The summed E-state index contributed by atoms with van der Waals surface area (Å²) in [4.78, 5) is 13.4. The SMILES string of the molecule is Cc1ccc(N=Cc2cccc(C=Nc3ccc(C)cc3)n2)cc1.[Cl-].[Cl-].[Fe+2]. The molecule has 0 unspecified atom stereocenters. The Bertz CT molecular complexity index is 806. The van der Waals surface area contributed by atoms with E-state index < -0.39 is 0 Å². The van der Waals surface area contributed by atoms with E-state index in [1.165, 1.54) is 11.1 Å². The Hall–Kier alpha value is -1.97. The second-order valence-electron chi connectivity index (χ2n) is 5.67. The van der Waals surface area contributed by atoms with Gasteiger partial charge in [-0.15, -0.1) is 0 Å². The number of pyridine rings is 1. The third-order valence-electron chi connectivity index (χ3n) is 3.55. The van der Waals surface area contributed by atoms with E-state index in [1.54, 1.807) is 12.4 Å². The van der Waals surface area contributed by atoms with Crippen LogP contribution in [-0.4, -0.2) is 17.4 Å². The Kier molecular flexibility index (Phi) is 11.5. The minimum absolute atomic E-state index is 0. The fraction of sp³-hybridized carbons (Fsp3) is 0.0952. The molecule has 1 heterocycles. The third-order valence-corrected chi connectivity index (χ3v) is 3.55. The van der Waals surface area contributed by atoms with Crippen molar-refractivity contribution in [2.45, 2.75) is 13.8 Å². The van der Waals surface area contributed by atoms with Crippen LogP contribution in [0.5, 0.6) is 0 Å². The van der Waals surface area contributed by atoms with E-state index in [0.29, 0.717) is 0 Å². The molecule has 1 aromatic heterocycles. The van der Waals surface area contributed by atoms with Crippen LogP contribution in [0.2, 0.25) is 0 Å². The molecule has 3 rings (SSSR count). The molecule has 3 nitrogen and oxygen atoms in total. The van der Waals surface area contributed by atoms with Gasteiger partial charge in [-0.1, -0.05) is 41.5 Å².